The van der Waals surface area contributed by atoms with Gasteiger partial charge in [0.05, 0.1) is 17.7 Å². The fourth-order valence-corrected chi connectivity index (χ4v) is 1.61. The van der Waals surface area contributed by atoms with Crippen molar-refractivity contribution < 1.29 is 9.90 Å². The number of likely N-dealkylation sites (N-methyl/N-ethyl adjacent to an activating group) is 1. The molecule has 0 spiro atoms. The maximum absolute atomic E-state index is 12.4. The molecule has 18 heavy (non-hydrogen) atoms. The Bertz CT molecular complexity index is 441. The van der Waals surface area contributed by atoms with E-state index in [0.29, 0.717) is 5.56 Å². The molecule has 0 radical (unpaired) electrons. The van der Waals surface area contributed by atoms with E-state index in [-0.39, 0.29) is 12.5 Å². The topological polar surface area (TPSA) is 52.6 Å². The number of nitrogens with one attached hydrogen (secondary N) is 1. The third kappa shape index (κ3) is 2.82. The Morgan fingerprint density at radius 2 is 2.06 bits per heavy atom. The Morgan fingerprint density at radius 1 is 1.44 bits per heavy atom. The Kier molecular flexibility index (Phi) is 4.35. The summed E-state index contributed by atoms with van der Waals surface area (Å²) in [5.41, 5.74) is 1.94. The molecule has 0 heterocycles. The average Bonchev–Trinajstić information content (AvgIpc) is 2.36. The monoisotopic (exact) mass is 250 g/mol. The first kappa shape index (κ1) is 14.5. The number of carbonyl (C=O) groups excluding carboxylic acids is 1. The maximum atomic E-state index is 12.4. The zero-order valence-corrected chi connectivity index (χ0v) is 11.7. The van der Waals surface area contributed by atoms with Crippen LogP contribution in [-0.2, 0) is 0 Å². The van der Waals surface area contributed by atoms with Crippen molar-refractivity contribution in [2.24, 2.45) is 0 Å². The first-order valence-electron chi connectivity index (χ1n) is 6.01. The summed E-state index contributed by atoms with van der Waals surface area (Å²) >= 11 is 0. The van der Waals surface area contributed by atoms with Crippen molar-refractivity contribution in [1.82, 2.24) is 4.90 Å². The summed E-state index contributed by atoms with van der Waals surface area (Å²) in [5, 5.41) is 12.4. The summed E-state index contributed by atoms with van der Waals surface area (Å²) in [6.45, 7) is 5.57. The highest BCUT2D eigenvalue weighted by Gasteiger charge is 2.28. The number of rotatable bonds is 4. The van der Waals surface area contributed by atoms with Crippen LogP contribution in [0.4, 0.5) is 5.69 Å². The molecule has 0 aliphatic rings. The first-order chi connectivity index (χ1) is 8.33. The number of amides is 1. The van der Waals surface area contributed by atoms with Crippen molar-refractivity contribution >= 4 is 11.6 Å². The maximum Gasteiger partial charge on any atom is 0.256 e. The van der Waals surface area contributed by atoms with Gasteiger partial charge in [0.15, 0.2) is 0 Å². The van der Waals surface area contributed by atoms with Crippen LogP contribution in [0.25, 0.3) is 0 Å². The lowest BCUT2D eigenvalue weighted by molar-refractivity contribution is 0.0474. The van der Waals surface area contributed by atoms with Crippen LogP contribution in [0.5, 0.6) is 0 Å². The minimum absolute atomic E-state index is 0.0734. The smallest absolute Gasteiger partial charge is 0.256 e. The Balaban J connectivity index is 3.11. The van der Waals surface area contributed by atoms with E-state index in [9.17, 15) is 9.90 Å². The van der Waals surface area contributed by atoms with E-state index >= 15 is 0 Å². The molecule has 0 bridgehead atoms. The van der Waals surface area contributed by atoms with Crippen LogP contribution in [0.1, 0.15) is 29.8 Å². The van der Waals surface area contributed by atoms with Crippen LogP contribution in [-0.4, -0.2) is 42.2 Å². The van der Waals surface area contributed by atoms with Crippen LogP contribution < -0.4 is 5.32 Å². The van der Waals surface area contributed by atoms with Crippen molar-refractivity contribution in [3.05, 3.63) is 29.3 Å². The van der Waals surface area contributed by atoms with Crippen LogP contribution in [0.15, 0.2) is 18.2 Å². The van der Waals surface area contributed by atoms with E-state index in [4.69, 9.17) is 0 Å². The molecule has 1 rings (SSSR count). The van der Waals surface area contributed by atoms with Crippen molar-refractivity contribution in [3.8, 4) is 0 Å². The number of hydrogen-bond acceptors (Lipinski definition) is 3. The number of benzene rings is 1. The molecule has 1 aromatic carbocycles. The summed E-state index contributed by atoms with van der Waals surface area (Å²) in [6, 6.07) is 5.66. The van der Waals surface area contributed by atoms with E-state index in [2.05, 4.69) is 5.32 Å². The Morgan fingerprint density at radius 3 is 2.56 bits per heavy atom. The van der Waals surface area contributed by atoms with Crippen LogP contribution in [0, 0.1) is 6.92 Å². The second kappa shape index (κ2) is 5.40. The lowest BCUT2D eigenvalue weighted by Crippen LogP contribution is -2.47. The number of anilines is 1. The molecule has 100 valence electrons. The second-order valence-electron chi connectivity index (χ2n) is 5.13. The molecule has 4 nitrogen and oxygen atoms in total. The van der Waals surface area contributed by atoms with Crippen LogP contribution in [0.3, 0.4) is 0 Å². The van der Waals surface area contributed by atoms with E-state index < -0.39 is 5.54 Å². The molecular weight excluding hydrogens is 228 g/mol. The van der Waals surface area contributed by atoms with Crippen LogP contribution in [0.2, 0.25) is 0 Å². The molecule has 0 aliphatic carbocycles. The Hall–Kier alpha value is -1.55. The zero-order valence-electron chi connectivity index (χ0n) is 11.7. The molecule has 0 saturated carbocycles. The summed E-state index contributed by atoms with van der Waals surface area (Å²) in [7, 11) is 3.50. The molecule has 0 aromatic heterocycles. The fourth-order valence-electron chi connectivity index (χ4n) is 1.61. The molecule has 2 N–H and O–H groups in total. The van der Waals surface area contributed by atoms with E-state index in [1.54, 1.807) is 19.0 Å². The van der Waals surface area contributed by atoms with Gasteiger partial charge in [-0.1, -0.05) is 6.07 Å². The van der Waals surface area contributed by atoms with Gasteiger partial charge in [0.1, 0.15) is 0 Å². The van der Waals surface area contributed by atoms with Gasteiger partial charge < -0.3 is 15.3 Å². The number of carbonyl (C=O) groups is 1. The lowest BCUT2D eigenvalue weighted by atomic mass is 10.0. The van der Waals surface area contributed by atoms with Crippen molar-refractivity contribution in [2.75, 3.05) is 26.0 Å². The van der Waals surface area contributed by atoms with Gasteiger partial charge in [-0.3, -0.25) is 4.79 Å². The summed E-state index contributed by atoms with van der Waals surface area (Å²) in [5.74, 6) is -0.0987. The fraction of sp³-hybridized carbons (Fsp3) is 0.500. The van der Waals surface area contributed by atoms with Crippen molar-refractivity contribution in [3.63, 3.8) is 0 Å². The third-order valence-corrected chi connectivity index (χ3v) is 3.27. The highest BCUT2D eigenvalue weighted by Crippen LogP contribution is 2.22. The minimum atomic E-state index is -0.576. The predicted octanol–water partition coefficient (Wildman–Crippen LogP) is 1.88. The molecule has 4 heteroatoms. The van der Waals surface area contributed by atoms with Gasteiger partial charge in [-0.15, -0.1) is 0 Å². The molecule has 1 amide bonds. The normalized spacial score (nSPS) is 11.2. The van der Waals surface area contributed by atoms with E-state index in [1.807, 2.05) is 39.0 Å². The first-order valence-corrected chi connectivity index (χ1v) is 6.01. The number of aryl methyl sites for hydroxylation is 1. The van der Waals surface area contributed by atoms with Gasteiger partial charge in [-0.2, -0.15) is 0 Å². The van der Waals surface area contributed by atoms with Gasteiger partial charge in [0.25, 0.3) is 5.91 Å². The molecule has 0 aliphatic heterocycles. The summed E-state index contributed by atoms with van der Waals surface area (Å²) < 4.78 is 0. The number of hydrogen-bond donors (Lipinski definition) is 2. The van der Waals surface area contributed by atoms with Crippen LogP contribution >= 0.6 is 0 Å². The van der Waals surface area contributed by atoms with Gasteiger partial charge in [0.2, 0.25) is 0 Å². The molecule has 0 saturated heterocycles. The van der Waals surface area contributed by atoms with Gasteiger partial charge in [-0.25, -0.2) is 0 Å². The standard InChI is InChI=1S/C14H22N2O2/c1-10-6-7-11(12(8-10)15-4)13(18)16(5)14(2,3)9-17/h6-8,15,17H,9H2,1-5H3. The molecule has 0 fully saturated rings. The average molecular weight is 250 g/mol. The summed E-state index contributed by atoms with van der Waals surface area (Å²) in [4.78, 5) is 14.0. The molecule has 1 aromatic rings. The zero-order chi connectivity index (χ0) is 13.9. The van der Waals surface area contributed by atoms with Crippen molar-refractivity contribution in [2.45, 2.75) is 26.3 Å². The quantitative estimate of drug-likeness (QED) is 0.858. The Labute approximate surface area is 109 Å². The SMILES string of the molecule is CNc1cc(C)ccc1C(=O)N(C)C(C)(C)CO. The lowest BCUT2D eigenvalue weighted by Gasteiger charge is -2.34. The molecule has 0 atom stereocenters. The van der Waals surface area contributed by atoms with Crippen molar-refractivity contribution in [1.29, 1.82) is 0 Å². The number of aliphatic hydroxyl groups is 1. The van der Waals surface area contributed by atoms with E-state index in [1.165, 1.54) is 0 Å². The van der Waals surface area contributed by atoms with Gasteiger partial charge in [-0.05, 0) is 38.5 Å². The summed E-state index contributed by atoms with van der Waals surface area (Å²) in [6.07, 6.45) is 0. The third-order valence-electron chi connectivity index (χ3n) is 3.27. The molecular formula is C14H22N2O2. The highest BCUT2D eigenvalue weighted by atomic mass is 16.3. The number of aliphatic hydroxyl groups excluding tert-OH is 1. The molecule has 0 unspecified atom stereocenters. The highest BCUT2D eigenvalue weighted by molar-refractivity contribution is 6.00. The van der Waals surface area contributed by atoms with Gasteiger partial charge >= 0.3 is 0 Å². The minimum Gasteiger partial charge on any atom is -0.394 e. The second-order valence-corrected chi connectivity index (χ2v) is 5.13. The predicted molar refractivity (Wildman–Crippen MR) is 74.0 cm³/mol. The largest absolute Gasteiger partial charge is 0.394 e. The van der Waals surface area contributed by atoms with E-state index in [0.717, 1.165) is 11.3 Å². The van der Waals surface area contributed by atoms with Gasteiger partial charge in [0, 0.05) is 19.8 Å². The number of nitrogens with zero attached hydrogens (tertiary/aromatic N) is 1.